The molecule has 0 unspecified atom stereocenters. The Bertz CT molecular complexity index is 765. The van der Waals surface area contributed by atoms with Gasteiger partial charge in [0.05, 0.1) is 13.0 Å². The SMILES string of the molecule is COc1ccc([C@@]23CCC(OC(=O)C4CCCCC4)=C[C@@H]2N(C)CC3)cc1C. The molecule has 1 heterocycles. The van der Waals surface area contributed by atoms with Gasteiger partial charge in [-0.05, 0) is 69.5 Å². The fraction of sp³-hybridized carbons (Fsp3) is 0.625. The second-order valence-corrected chi connectivity index (χ2v) is 8.90. The van der Waals surface area contributed by atoms with E-state index in [4.69, 9.17) is 9.47 Å². The van der Waals surface area contributed by atoms with Crippen LogP contribution in [0, 0.1) is 12.8 Å². The first-order chi connectivity index (χ1) is 13.5. The summed E-state index contributed by atoms with van der Waals surface area (Å²) in [4.78, 5) is 15.0. The molecular formula is C24H33NO3. The highest BCUT2D eigenvalue weighted by Crippen LogP contribution is 2.48. The van der Waals surface area contributed by atoms with Crippen molar-refractivity contribution >= 4 is 5.97 Å². The molecule has 2 fully saturated rings. The molecule has 0 N–H and O–H groups in total. The van der Waals surface area contributed by atoms with Gasteiger partial charge >= 0.3 is 5.97 Å². The number of nitrogens with zero attached hydrogens (tertiary/aromatic N) is 1. The molecule has 0 bridgehead atoms. The van der Waals surface area contributed by atoms with E-state index in [1.807, 2.05) is 0 Å². The lowest BCUT2D eigenvalue weighted by Gasteiger charge is -2.40. The number of rotatable bonds is 4. The highest BCUT2D eigenvalue weighted by molar-refractivity contribution is 5.73. The van der Waals surface area contributed by atoms with Crippen molar-refractivity contribution in [3.05, 3.63) is 41.2 Å². The van der Waals surface area contributed by atoms with Gasteiger partial charge in [-0.25, -0.2) is 0 Å². The number of carbonyl (C=O) groups excluding carboxylic acids is 1. The van der Waals surface area contributed by atoms with Crippen LogP contribution in [-0.2, 0) is 14.9 Å². The van der Waals surface area contributed by atoms with E-state index in [1.165, 1.54) is 17.5 Å². The second kappa shape index (κ2) is 7.90. The number of esters is 1. The van der Waals surface area contributed by atoms with E-state index in [0.29, 0.717) is 0 Å². The molecule has 4 rings (SSSR count). The molecule has 3 aliphatic rings. The lowest BCUT2D eigenvalue weighted by Crippen LogP contribution is -2.42. The van der Waals surface area contributed by atoms with Crippen molar-refractivity contribution in [1.29, 1.82) is 0 Å². The number of carbonyl (C=O) groups is 1. The number of likely N-dealkylation sites (tertiary alicyclic amines) is 1. The summed E-state index contributed by atoms with van der Waals surface area (Å²) >= 11 is 0. The summed E-state index contributed by atoms with van der Waals surface area (Å²) in [6, 6.07) is 6.89. The number of ether oxygens (including phenoxy) is 2. The zero-order chi connectivity index (χ0) is 19.7. The summed E-state index contributed by atoms with van der Waals surface area (Å²) < 4.78 is 11.4. The number of fused-ring (bicyclic) bond motifs is 1. The number of likely N-dealkylation sites (N-methyl/N-ethyl adjacent to an activating group) is 1. The van der Waals surface area contributed by atoms with Crippen LogP contribution in [0.1, 0.15) is 62.5 Å². The van der Waals surface area contributed by atoms with E-state index >= 15 is 0 Å². The smallest absolute Gasteiger partial charge is 0.313 e. The quantitative estimate of drug-likeness (QED) is 0.704. The molecule has 1 aromatic carbocycles. The zero-order valence-electron chi connectivity index (χ0n) is 17.5. The number of allylic oxidation sites excluding steroid dienone is 1. The predicted octanol–water partition coefficient (Wildman–Crippen LogP) is 4.75. The van der Waals surface area contributed by atoms with Crippen LogP contribution in [0.15, 0.2) is 30.0 Å². The van der Waals surface area contributed by atoms with Crippen LogP contribution in [0.3, 0.4) is 0 Å². The zero-order valence-corrected chi connectivity index (χ0v) is 17.5. The maximum atomic E-state index is 12.6. The topological polar surface area (TPSA) is 38.8 Å². The van der Waals surface area contributed by atoms with Gasteiger partial charge in [0, 0.05) is 17.9 Å². The van der Waals surface area contributed by atoms with Gasteiger partial charge in [0.25, 0.3) is 0 Å². The maximum absolute atomic E-state index is 12.6. The average Bonchev–Trinajstić information content (AvgIpc) is 3.06. The standard InChI is InChI=1S/C24H33NO3/c1-17-15-19(9-10-21(17)27-3)24-12-11-20(16-22(24)25(2)14-13-24)28-23(26)18-7-5-4-6-8-18/h9-10,15-16,18,22H,4-8,11-14H2,1-3H3/t22-,24-/m0/s1. The molecule has 28 heavy (non-hydrogen) atoms. The van der Waals surface area contributed by atoms with Gasteiger partial charge in [-0.15, -0.1) is 0 Å². The van der Waals surface area contributed by atoms with Crippen molar-refractivity contribution in [3.63, 3.8) is 0 Å². The average molecular weight is 384 g/mol. The van der Waals surface area contributed by atoms with Crippen molar-refractivity contribution in [2.24, 2.45) is 5.92 Å². The Morgan fingerprint density at radius 2 is 1.96 bits per heavy atom. The largest absolute Gasteiger partial charge is 0.496 e. The first kappa shape index (κ1) is 19.5. The first-order valence-corrected chi connectivity index (χ1v) is 10.8. The van der Waals surface area contributed by atoms with Crippen molar-refractivity contribution < 1.29 is 14.3 Å². The molecule has 152 valence electrons. The molecule has 0 amide bonds. The highest BCUT2D eigenvalue weighted by atomic mass is 16.5. The summed E-state index contributed by atoms with van der Waals surface area (Å²) in [6.45, 7) is 3.18. The predicted molar refractivity (Wildman–Crippen MR) is 110 cm³/mol. The van der Waals surface area contributed by atoms with Gasteiger partial charge < -0.3 is 9.47 Å². The monoisotopic (exact) mass is 383 g/mol. The minimum Gasteiger partial charge on any atom is -0.496 e. The summed E-state index contributed by atoms with van der Waals surface area (Å²) in [5, 5.41) is 0. The Morgan fingerprint density at radius 1 is 1.18 bits per heavy atom. The number of benzene rings is 1. The molecular weight excluding hydrogens is 350 g/mol. The van der Waals surface area contributed by atoms with E-state index in [1.54, 1.807) is 7.11 Å². The van der Waals surface area contributed by atoms with Crippen LogP contribution in [0.4, 0.5) is 0 Å². The Morgan fingerprint density at radius 3 is 2.68 bits per heavy atom. The van der Waals surface area contributed by atoms with E-state index in [-0.39, 0.29) is 23.3 Å². The molecule has 0 spiro atoms. The first-order valence-electron chi connectivity index (χ1n) is 10.8. The number of methoxy groups -OCH3 is 1. The Balaban J connectivity index is 1.56. The van der Waals surface area contributed by atoms with Crippen molar-refractivity contribution in [1.82, 2.24) is 4.90 Å². The summed E-state index contributed by atoms with van der Waals surface area (Å²) in [5.74, 6) is 1.93. The van der Waals surface area contributed by atoms with E-state index in [9.17, 15) is 4.79 Å². The molecule has 2 aliphatic carbocycles. The fourth-order valence-corrected chi connectivity index (χ4v) is 5.53. The van der Waals surface area contributed by atoms with Gasteiger partial charge in [-0.2, -0.15) is 0 Å². The van der Waals surface area contributed by atoms with Gasteiger partial charge in [0.15, 0.2) is 0 Å². The van der Waals surface area contributed by atoms with Gasteiger partial charge in [-0.1, -0.05) is 31.4 Å². The van der Waals surface area contributed by atoms with Crippen LogP contribution < -0.4 is 4.74 Å². The highest BCUT2D eigenvalue weighted by Gasteiger charge is 2.48. The fourth-order valence-electron chi connectivity index (χ4n) is 5.53. The Kier molecular flexibility index (Phi) is 5.50. The van der Waals surface area contributed by atoms with Gasteiger partial charge in [-0.3, -0.25) is 9.69 Å². The molecule has 0 aromatic heterocycles. The van der Waals surface area contributed by atoms with Crippen LogP contribution >= 0.6 is 0 Å². The van der Waals surface area contributed by atoms with E-state index in [2.05, 4.69) is 43.1 Å². The number of hydrogen-bond acceptors (Lipinski definition) is 4. The summed E-state index contributed by atoms with van der Waals surface area (Å²) in [7, 11) is 3.91. The third-order valence-corrected chi connectivity index (χ3v) is 7.25. The summed E-state index contributed by atoms with van der Waals surface area (Å²) in [6.07, 6.45) is 10.8. The van der Waals surface area contributed by atoms with Crippen LogP contribution in [0.5, 0.6) is 5.75 Å². The Labute approximate surface area is 168 Å². The second-order valence-electron chi connectivity index (χ2n) is 8.90. The molecule has 1 saturated heterocycles. The van der Waals surface area contributed by atoms with Crippen LogP contribution in [0.25, 0.3) is 0 Å². The summed E-state index contributed by atoms with van der Waals surface area (Å²) in [5.41, 5.74) is 2.67. The lowest BCUT2D eigenvalue weighted by molar-refractivity contribution is -0.145. The maximum Gasteiger partial charge on any atom is 0.313 e. The third-order valence-electron chi connectivity index (χ3n) is 7.25. The molecule has 4 heteroatoms. The molecule has 2 atom stereocenters. The Hall–Kier alpha value is -1.81. The van der Waals surface area contributed by atoms with E-state index < -0.39 is 0 Å². The normalized spacial score (nSPS) is 28.5. The molecule has 4 nitrogen and oxygen atoms in total. The van der Waals surface area contributed by atoms with Crippen molar-refractivity contribution in [2.45, 2.75) is 69.7 Å². The minimum atomic E-state index is -0.000563. The van der Waals surface area contributed by atoms with Gasteiger partial charge in [0.2, 0.25) is 0 Å². The number of hydrogen-bond donors (Lipinski definition) is 0. The molecule has 1 aliphatic heterocycles. The molecule has 1 saturated carbocycles. The number of aryl methyl sites for hydroxylation is 1. The molecule has 0 radical (unpaired) electrons. The van der Waals surface area contributed by atoms with Crippen LogP contribution in [0.2, 0.25) is 0 Å². The third kappa shape index (κ3) is 3.47. The minimum absolute atomic E-state index is 0.000563. The van der Waals surface area contributed by atoms with Crippen LogP contribution in [-0.4, -0.2) is 37.6 Å². The lowest BCUT2D eigenvalue weighted by atomic mass is 9.68. The molecule has 1 aromatic rings. The van der Waals surface area contributed by atoms with Gasteiger partial charge in [0.1, 0.15) is 11.5 Å². The van der Waals surface area contributed by atoms with Crippen molar-refractivity contribution in [3.8, 4) is 5.75 Å². The van der Waals surface area contributed by atoms with E-state index in [0.717, 1.165) is 63.0 Å². The van der Waals surface area contributed by atoms with Crippen molar-refractivity contribution in [2.75, 3.05) is 20.7 Å².